The van der Waals surface area contributed by atoms with Gasteiger partial charge in [0.1, 0.15) is 5.75 Å². The minimum Gasteiger partial charge on any atom is -0.480 e. The van der Waals surface area contributed by atoms with E-state index in [1.165, 1.54) is 0 Å². The van der Waals surface area contributed by atoms with Crippen LogP contribution in [0.1, 0.15) is 17.4 Å². The molecule has 0 aliphatic heterocycles. The van der Waals surface area contributed by atoms with Crippen molar-refractivity contribution < 1.29 is 27.8 Å². The second-order valence-corrected chi connectivity index (χ2v) is 3.96. The van der Waals surface area contributed by atoms with Crippen molar-refractivity contribution in [2.75, 3.05) is 0 Å². The Kier molecular flexibility index (Phi) is 3.97. The highest BCUT2D eigenvalue weighted by atomic mass is 79.9. The van der Waals surface area contributed by atoms with Crippen molar-refractivity contribution in [1.82, 2.24) is 4.98 Å². The highest BCUT2D eigenvalue weighted by Crippen LogP contribution is 2.30. The Bertz CT molecular complexity index is 436. The Labute approximate surface area is 103 Å². The number of hydrogen-bond acceptors (Lipinski definition) is 3. The zero-order valence-corrected chi connectivity index (χ0v) is 10.0. The molecule has 94 valence electrons. The Balaban J connectivity index is 2.98. The molecule has 4 nitrogen and oxygen atoms in total. The molecular weight excluding hydrogens is 307 g/mol. The van der Waals surface area contributed by atoms with Crippen LogP contribution in [0.25, 0.3) is 0 Å². The number of aromatic nitrogens is 1. The topological polar surface area (TPSA) is 59.4 Å². The van der Waals surface area contributed by atoms with E-state index in [-0.39, 0.29) is 10.2 Å². The molecule has 0 fully saturated rings. The summed E-state index contributed by atoms with van der Waals surface area (Å²) in [6.07, 6.45) is -5.49. The SMILES string of the molecule is CC(Oc1cc(C(=O)O)ncc1Br)C(F)(F)F. The molecule has 0 aliphatic carbocycles. The number of pyridine rings is 1. The molecule has 0 bridgehead atoms. The van der Waals surface area contributed by atoms with Gasteiger partial charge < -0.3 is 9.84 Å². The molecular formula is C9H7BrF3NO3. The minimum atomic E-state index is -4.52. The number of carboxylic acid groups (broad SMARTS) is 1. The third-order valence-electron chi connectivity index (χ3n) is 1.80. The van der Waals surface area contributed by atoms with Gasteiger partial charge in [-0.25, -0.2) is 9.78 Å². The van der Waals surface area contributed by atoms with Crippen LogP contribution in [0, 0.1) is 0 Å². The van der Waals surface area contributed by atoms with E-state index in [9.17, 15) is 18.0 Å². The van der Waals surface area contributed by atoms with Gasteiger partial charge in [0, 0.05) is 12.3 Å². The number of rotatable bonds is 3. The van der Waals surface area contributed by atoms with Crippen molar-refractivity contribution in [1.29, 1.82) is 0 Å². The van der Waals surface area contributed by atoms with Crippen molar-refractivity contribution >= 4 is 21.9 Å². The number of hydrogen-bond donors (Lipinski definition) is 1. The number of aromatic carboxylic acids is 1. The maximum Gasteiger partial charge on any atom is 0.425 e. The first-order chi connectivity index (χ1) is 7.71. The molecule has 1 rings (SSSR count). The van der Waals surface area contributed by atoms with Crippen molar-refractivity contribution in [3.8, 4) is 5.75 Å². The number of alkyl halides is 3. The first-order valence-corrected chi connectivity index (χ1v) is 5.13. The van der Waals surface area contributed by atoms with Gasteiger partial charge in [-0.2, -0.15) is 13.2 Å². The summed E-state index contributed by atoms with van der Waals surface area (Å²) in [5.74, 6) is -1.57. The highest BCUT2D eigenvalue weighted by molar-refractivity contribution is 9.10. The fraction of sp³-hybridized carbons (Fsp3) is 0.333. The van der Waals surface area contributed by atoms with E-state index < -0.39 is 23.9 Å². The Morgan fingerprint density at radius 1 is 1.59 bits per heavy atom. The lowest BCUT2D eigenvalue weighted by Gasteiger charge is -2.18. The Morgan fingerprint density at radius 2 is 2.18 bits per heavy atom. The van der Waals surface area contributed by atoms with Crippen LogP contribution in [0.5, 0.6) is 5.75 Å². The van der Waals surface area contributed by atoms with Gasteiger partial charge in [0.2, 0.25) is 0 Å². The lowest BCUT2D eigenvalue weighted by atomic mass is 10.3. The zero-order valence-electron chi connectivity index (χ0n) is 8.45. The smallest absolute Gasteiger partial charge is 0.425 e. The molecule has 0 aliphatic rings. The number of carboxylic acids is 1. The number of halogens is 4. The van der Waals surface area contributed by atoms with Crippen LogP contribution in [-0.4, -0.2) is 28.3 Å². The van der Waals surface area contributed by atoms with Gasteiger partial charge in [0.25, 0.3) is 0 Å². The van der Waals surface area contributed by atoms with E-state index in [2.05, 4.69) is 25.7 Å². The van der Waals surface area contributed by atoms with E-state index >= 15 is 0 Å². The number of carbonyl (C=O) groups is 1. The fourth-order valence-corrected chi connectivity index (χ4v) is 1.20. The van der Waals surface area contributed by atoms with E-state index in [0.29, 0.717) is 0 Å². The summed E-state index contributed by atoms with van der Waals surface area (Å²) in [6.45, 7) is 0.827. The average molecular weight is 314 g/mol. The van der Waals surface area contributed by atoms with Gasteiger partial charge in [0.05, 0.1) is 4.47 Å². The first kappa shape index (κ1) is 13.8. The van der Waals surface area contributed by atoms with Crippen LogP contribution in [0.4, 0.5) is 13.2 Å². The standard InChI is InChI=1S/C9H7BrF3NO3/c1-4(9(11,12)13)17-7-2-6(8(15)16)14-3-5(7)10/h2-4H,1H3,(H,15,16). The molecule has 0 amide bonds. The molecule has 1 atom stereocenters. The monoisotopic (exact) mass is 313 g/mol. The molecule has 1 N–H and O–H groups in total. The molecule has 8 heteroatoms. The molecule has 0 aromatic carbocycles. The average Bonchev–Trinajstić information content (AvgIpc) is 2.19. The van der Waals surface area contributed by atoms with Gasteiger partial charge in [-0.15, -0.1) is 0 Å². The van der Waals surface area contributed by atoms with Gasteiger partial charge in [-0.05, 0) is 22.9 Å². The molecule has 1 heterocycles. The molecule has 0 spiro atoms. The van der Waals surface area contributed by atoms with Crippen LogP contribution < -0.4 is 4.74 Å². The predicted octanol–water partition coefficient (Wildman–Crippen LogP) is 2.87. The third-order valence-corrected chi connectivity index (χ3v) is 2.40. The summed E-state index contributed by atoms with van der Waals surface area (Å²) in [4.78, 5) is 14.1. The van der Waals surface area contributed by atoms with E-state index in [1.807, 2.05) is 0 Å². The van der Waals surface area contributed by atoms with Crippen molar-refractivity contribution in [3.05, 3.63) is 22.4 Å². The largest absolute Gasteiger partial charge is 0.480 e. The Morgan fingerprint density at radius 3 is 2.65 bits per heavy atom. The van der Waals surface area contributed by atoms with Crippen molar-refractivity contribution in [3.63, 3.8) is 0 Å². The van der Waals surface area contributed by atoms with Gasteiger partial charge >= 0.3 is 12.1 Å². The summed E-state index contributed by atoms with van der Waals surface area (Å²) < 4.78 is 41.5. The van der Waals surface area contributed by atoms with E-state index in [1.54, 1.807) is 0 Å². The van der Waals surface area contributed by atoms with Crippen LogP contribution in [0.15, 0.2) is 16.7 Å². The van der Waals surface area contributed by atoms with Gasteiger partial charge in [-0.3, -0.25) is 0 Å². The highest BCUT2D eigenvalue weighted by Gasteiger charge is 2.38. The lowest BCUT2D eigenvalue weighted by molar-refractivity contribution is -0.189. The molecule has 0 radical (unpaired) electrons. The van der Waals surface area contributed by atoms with Crippen LogP contribution in [-0.2, 0) is 0 Å². The summed E-state index contributed by atoms with van der Waals surface area (Å²) in [6, 6.07) is 0.925. The van der Waals surface area contributed by atoms with E-state index in [0.717, 1.165) is 19.2 Å². The summed E-state index contributed by atoms with van der Waals surface area (Å²) in [7, 11) is 0. The maximum atomic E-state index is 12.3. The second-order valence-electron chi connectivity index (χ2n) is 3.11. The quantitative estimate of drug-likeness (QED) is 0.932. The van der Waals surface area contributed by atoms with Gasteiger partial charge in [-0.1, -0.05) is 0 Å². The van der Waals surface area contributed by atoms with Crippen molar-refractivity contribution in [2.45, 2.75) is 19.2 Å². The molecule has 1 unspecified atom stereocenters. The second kappa shape index (κ2) is 4.91. The minimum absolute atomic E-state index is 0.151. The fourth-order valence-electron chi connectivity index (χ4n) is 0.885. The first-order valence-electron chi connectivity index (χ1n) is 4.34. The van der Waals surface area contributed by atoms with Crippen LogP contribution in [0.2, 0.25) is 0 Å². The van der Waals surface area contributed by atoms with Crippen molar-refractivity contribution in [2.24, 2.45) is 0 Å². The molecule has 0 saturated heterocycles. The number of nitrogens with zero attached hydrogens (tertiary/aromatic N) is 1. The van der Waals surface area contributed by atoms with Crippen LogP contribution in [0.3, 0.4) is 0 Å². The summed E-state index contributed by atoms with van der Waals surface area (Å²) in [5.41, 5.74) is -0.391. The summed E-state index contributed by atoms with van der Waals surface area (Å²) >= 11 is 2.93. The van der Waals surface area contributed by atoms with Gasteiger partial charge in [0.15, 0.2) is 11.8 Å². The predicted molar refractivity (Wildman–Crippen MR) is 55.0 cm³/mol. The normalized spacial score (nSPS) is 13.2. The van der Waals surface area contributed by atoms with E-state index in [4.69, 9.17) is 5.11 Å². The van der Waals surface area contributed by atoms with Crippen LogP contribution >= 0.6 is 15.9 Å². The molecule has 17 heavy (non-hydrogen) atoms. The third kappa shape index (κ3) is 3.58. The molecule has 0 saturated carbocycles. The lowest BCUT2D eigenvalue weighted by Crippen LogP contribution is -2.31. The number of ether oxygens (including phenoxy) is 1. The maximum absolute atomic E-state index is 12.3. The molecule has 1 aromatic rings. The molecule has 1 aromatic heterocycles. The zero-order chi connectivity index (χ0) is 13.2. The Hall–Kier alpha value is -1.31. The summed E-state index contributed by atoms with van der Waals surface area (Å²) in [5, 5.41) is 8.64.